The van der Waals surface area contributed by atoms with Crippen molar-refractivity contribution in [1.29, 1.82) is 0 Å². The van der Waals surface area contributed by atoms with Crippen molar-refractivity contribution < 1.29 is 14.3 Å². The van der Waals surface area contributed by atoms with E-state index in [0.29, 0.717) is 13.2 Å². The highest BCUT2D eigenvalue weighted by Crippen LogP contribution is 2.40. The molecule has 30 heavy (non-hydrogen) atoms. The van der Waals surface area contributed by atoms with Gasteiger partial charge in [0.05, 0.1) is 19.3 Å². The second-order valence-corrected chi connectivity index (χ2v) is 8.24. The first-order valence-corrected chi connectivity index (χ1v) is 11.1. The molecule has 0 unspecified atom stereocenters. The molecule has 2 N–H and O–H groups in total. The fraction of sp³-hybridized carbons (Fsp3) is 0.292. The normalized spacial score (nSPS) is 12.3. The molecule has 0 saturated carbocycles. The Hall–Kier alpha value is -2.99. The van der Waals surface area contributed by atoms with E-state index in [9.17, 15) is 4.79 Å². The van der Waals surface area contributed by atoms with Crippen LogP contribution in [0.25, 0.3) is 0 Å². The largest absolute Gasteiger partial charge is 0.497 e. The van der Waals surface area contributed by atoms with Gasteiger partial charge in [0.25, 0.3) is 5.91 Å². The van der Waals surface area contributed by atoms with Crippen LogP contribution in [0.5, 0.6) is 11.5 Å². The minimum atomic E-state index is -0.0693. The third kappa shape index (κ3) is 4.28. The lowest BCUT2D eigenvalue weighted by Gasteiger charge is -2.13. The molecule has 156 valence electrons. The fourth-order valence-electron chi connectivity index (χ4n) is 3.76. The predicted octanol–water partition coefficient (Wildman–Crippen LogP) is 5.51. The van der Waals surface area contributed by atoms with E-state index in [-0.39, 0.29) is 5.91 Å². The number of methoxy groups -OCH3 is 1. The zero-order chi connectivity index (χ0) is 20.9. The number of amides is 1. The monoisotopic (exact) mass is 422 g/mol. The van der Waals surface area contributed by atoms with E-state index < -0.39 is 0 Å². The maximum atomic E-state index is 13.2. The Bertz CT molecular complexity index is 1030. The van der Waals surface area contributed by atoms with Crippen LogP contribution in [-0.2, 0) is 19.4 Å². The summed E-state index contributed by atoms with van der Waals surface area (Å²) in [5.41, 5.74) is 3.80. The molecule has 0 bridgehead atoms. The van der Waals surface area contributed by atoms with Gasteiger partial charge in [-0.1, -0.05) is 18.2 Å². The average molecular weight is 423 g/mol. The van der Waals surface area contributed by atoms with Crippen LogP contribution in [0.4, 0.5) is 10.7 Å². The summed E-state index contributed by atoms with van der Waals surface area (Å²) in [5.74, 6) is 1.57. The van der Waals surface area contributed by atoms with Crippen molar-refractivity contribution >= 4 is 27.9 Å². The van der Waals surface area contributed by atoms with Crippen LogP contribution in [0.2, 0.25) is 0 Å². The number of fused-ring (bicyclic) bond motifs is 1. The highest BCUT2D eigenvalue weighted by atomic mass is 32.1. The number of para-hydroxylation sites is 1. The van der Waals surface area contributed by atoms with Gasteiger partial charge in [-0.3, -0.25) is 4.79 Å². The molecule has 0 saturated heterocycles. The topological polar surface area (TPSA) is 59.6 Å². The molecule has 0 spiro atoms. The molecule has 3 aromatic rings. The summed E-state index contributed by atoms with van der Waals surface area (Å²) >= 11 is 1.70. The van der Waals surface area contributed by atoms with Crippen molar-refractivity contribution in [1.82, 2.24) is 0 Å². The molecule has 1 amide bonds. The van der Waals surface area contributed by atoms with Gasteiger partial charge in [0, 0.05) is 22.7 Å². The lowest BCUT2D eigenvalue weighted by Crippen LogP contribution is -2.15. The van der Waals surface area contributed by atoms with Gasteiger partial charge in [-0.25, -0.2) is 0 Å². The Kier molecular flexibility index (Phi) is 6.23. The second-order valence-electron chi connectivity index (χ2n) is 7.14. The first kappa shape index (κ1) is 20.3. The molecule has 4 rings (SSSR count). The lowest BCUT2D eigenvalue weighted by atomic mass is 10.1. The molecule has 6 heteroatoms. The minimum absolute atomic E-state index is 0.0693. The van der Waals surface area contributed by atoms with Crippen LogP contribution in [-0.4, -0.2) is 19.6 Å². The summed E-state index contributed by atoms with van der Waals surface area (Å²) in [5, 5.41) is 7.47. The van der Waals surface area contributed by atoms with Gasteiger partial charge in [0.1, 0.15) is 16.5 Å². The molecular weight excluding hydrogens is 396 g/mol. The Labute approximate surface area is 181 Å². The number of aryl methyl sites for hydroxylation is 1. The number of benzene rings is 2. The van der Waals surface area contributed by atoms with Crippen molar-refractivity contribution in [2.24, 2.45) is 0 Å². The number of rotatable bonds is 8. The summed E-state index contributed by atoms with van der Waals surface area (Å²) in [6.45, 7) is 3.22. The SMILES string of the molecule is CCOc1ccccc1CNc1sc2c(c1C(=O)Nc1ccc(OC)cc1)CCC2. The minimum Gasteiger partial charge on any atom is -0.497 e. The summed E-state index contributed by atoms with van der Waals surface area (Å²) in [4.78, 5) is 14.5. The van der Waals surface area contributed by atoms with Crippen LogP contribution >= 0.6 is 11.3 Å². The van der Waals surface area contributed by atoms with Crippen LogP contribution in [0, 0.1) is 0 Å². The van der Waals surface area contributed by atoms with Gasteiger partial charge in [-0.05, 0) is 62.1 Å². The standard InChI is InChI=1S/C24H26N2O3S/c1-3-29-20-9-5-4-7-16(20)15-25-24-22(19-8-6-10-21(19)30-24)23(27)26-17-11-13-18(28-2)14-12-17/h4-5,7,9,11-14,25H,3,6,8,10,15H2,1-2H3,(H,26,27). The summed E-state index contributed by atoms with van der Waals surface area (Å²) in [6.07, 6.45) is 3.10. The van der Waals surface area contributed by atoms with Crippen molar-refractivity contribution in [3.05, 3.63) is 70.1 Å². The maximum absolute atomic E-state index is 13.2. The summed E-state index contributed by atoms with van der Waals surface area (Å²) in [7, 11) is 1.63. The third-order valence-electron chi connectivity index (χ3n) is 5.21. The van der Waals surface area contributed by atoms with E-state index in [0.717, 1.165) is 52.6 Å². The fourth-order valence-corrected chi connectivity index (χ4v) is 5.04. The third-order valence-corrected chi connectivity index (χ3v) is 6.46. The highest BCUT2D eigenvalue weighted by molar-refractivity contribution is 7.16. The van der Waals surface area contributed by atoms with Gasteiger partial charge >= 0.3 is 0 Å². The van der Waals surface area contributed by atoms with Gasteiger partial charge in [-0.15, -0.1) is 11.3 Å². The molecule has 0 aliphatic heterocycles. The predicted molar refractivity (Wildman–Crippen MR) is 122 cm³/mol. The van der Waals surface area contributed by atoms with Gasteiger partial charge in [-0.2, -0.15) is 0 Å². The molecule has 1 aliphatic rings. The Morgan fingerprint density at radius 3 is 2.67 bits per heavy atom. The molecule has 1 aromatic heterocycles. The second kappa shape index (κ2) is 9.22. The Morgan fingerprint density at radius 2 is 1.90 bits per heavy atom. The number of hydrogen-bond donors (Lipinski definition) is 2. The highest BCUT2D eigenvalue weighted by Gasteiger charge is 2.26. The van der Waals surface area contributed by atoms with Crippen molar-refractivity contribution in [3.63, 3.8) is 0 Å². The number of carbonyl (C=O) groups excluding carboxylic acids is 1. The number of nitrogens with one attached hydrogen (secondary N) is 2. The van der Waals surface area contributed by atoms with E-state index in [4.69, 9.17) is 9.47 Å². The van der Waals surface area contributed by atoms with Crippen LogP contribution in [0.1, 0.15) is 39.7 Å². The van der Waals surface area contributed by atoms with Gasteiger partial charge in [0.15, 0.2) is 0 Å². The zero-order valence-corrected chi connectivity index (χ0v) is 18.1. The smallest absolute Gasteiger partial charge is 0.258 e. The van der Waals surface area contributed by atoms with E-state index in [1.807, 2.05) is 49.4 Å². The van der Waals surface area contributed by atoms with Crippen LogP contribution in [0.15, 0.2) is 48.5 Å². The van der Waals surface area contributed by atoms with Crippen molar-refractivity contribution in [2.75, 3.05) is 24.4 Å². The quantitative estimate of drug-likeness (QED) is 0.503. The average Bonchev–Trinajstić information content (AvgIpc) is 3.34. The first-order valence-electron chi connectivity index (χ1n) is 10.2. The molecular formula is C24H26N2O3S. The van der Waals surface area contributed by atoms with Crippen molar-refractivity contribution in [3.8, 4) is 11.5 Å². The lowest BCUT2D eigenvalue weighted by molar-refractivity contribution is 0.102. The van der Waals surface area contributed by atoms with Gasteiger partial charge < -0.3 is 20.1 Å². The molecule has 1 heterocycles. The van der Waals surface area contributed by atoms with Crippen LogP contribution in [0.3, 0.4) is 0 Å². The molecule has 2 aromatic carbocycles. The first-order chi connectivity index (χ1) is 14.7. The molecule has 0 atom stereocenters. The number of hydrogen-bond acceptors (Lipinski definition) is 5. The van der Waals surface area contributed by atoms with Gasteiger partial charge in [0.2, 0.25) is 0 Å². The Morgan fingerprint density at radius 1 is 1.10 bits per heavy atom. The summed E-state index contributed by atoms with van der Waals surface area (Å²) < 4.78 is 10.9. The molecule has 1 aliphatic carbocycles. The number of anilines is 2. The maximum Gasteiger partial charge on any atom is 0.258 e. The summed E-state index contributed by atoms with van der Waals surface area (Å²) in [6, 6.07) is 15.4. The van der Waals surface area contributed by atoms with Crippen molar-refractivity contribution in [2.45, 2.75) is 32.7 Å². The molecule has 0 radical (unpaired) electrons. The number of ether oxygens (including phenoxy) is 2. The van der Waals surface area contributed by atoms with E-state index in [2.05, 4.69) is 16.7 Å². The Balaban J connectivity index is 1.55. The van der Waals surface area contributed by atoms with Crippen LogP contribution < -0.4 is 20.1 Å². The number of carbonyl (C=O) groups is 1. The van der Waals surface area contributed by atoms with E-state index in [1.165, 1.54) is 10.4 Å². The van der Waals surface area contributed by atoms with E-state index in [1.54, 1.807) is 18.4 Å². The molecule has 0 fully saturated rings. The zero-order valence-electron chi connectivity index (χ0n) is 17.3. The van der Waals surface area contributed by atoms with E-state index >= 15 is 0 Å². The molecule has 5 nitrogen and oxygen atoms in total. The number of thiophene rings is 1.